The van der Waals surface area contributed by atoms with Gasteiger partial charge in [-0.25, -0.2) is 4.39 Å². The Hall–Kier alpha value is -1.37. The summed E-state index contributed by atoms with van der Waals surface area (Å²) in [5, 5.41) is 2.88. The van der Waals surface area contributed by atoms with Crippen molar-refractivity contribution >= 4 is 33.6 Å². The molecule has 0 aromatic heterocycles. The highest BCUT2D eigenvalue weighted by molar-refractivity contribution is 9.10. The third-order valence-corrected chi connectivity index (χ3v) is 6.62. The van der Waals surface area contributed by atoms with Gasteiger partial charge in [0.25, 0.3) is 0 Å². The number of ether oxygens (including phenoxy) is 1. The fourth-order valence-corrected chi connectivity index (χ4v) is 4.48. The molecule has 1 amide bonds. The molecule has 3 nitrogen and oxygen atoms in total. The number of nitrogens with one attached hydrogen (secondary N) is 1. The van der Waals surface area contributed by atoms with E-state index in [0.717, 1.165) is 27.8 Å². The SMILES string of the molecule is CC(Sc1ccc(Br)cc1)C(=O)NCC1(c2cccc(F)c2)CCOCC1. The average Bonchev–Trinajstić information content (AvgIpc) is 2.68. The van der Waals surface area contributed by atoms with Crippen LogP contribution in [0.1, 0.15) is 25.3 Å². The molecule has 1 N–H and O–H groups in total. The standard InChI is InChI=1S/C21H23BrFNO2S/c1-15(27-19-7-5-17(22)6-8-19)20(25)24-14-21(9-11-26-12-10-21)16-3-2-4-18(23)13-16/h2-8,13,15H,9-12,14H2,1H3,(H,24,25). The Morgan fingerprint density at radius 2 is 1.96 bits per heavy atom. The number of benzene rings is 2. The van der Waals surface area contributed by atoms with Gasteiger partial charge in [-0.05, 0) is 61.7 Å². The van der Waals surface area contributed by atoms with Gasteiger partial charge in [-0.1, -0.05) is 28.1 Å². The van der Waals surface area contributed by atoms with Gasteiger partial charge in [0.15, 0.2) is 0 Å². The highest BCUT2D eigenvalue weighted by Crippen LogP contribution is 2.35. The van der Waals surface area contributed by atoms with Gasteiger partial charge in [-0.2, -0.15) is 0 Å². The van der Waals surface area contributed by atoms with Crippen molar-refractivity contribution in [1.29, 1.82) is 0 Å². The average molecular weight is 452 g/mol. The molecule has 1 aliphatic heterocycles. The van der Waals surface area contributed by atoms with E-state index >= 15 is 0 Å². The van der Waals surface area contributed by atoms with Gasteiger partial charge in [0.1, 0.15) is 5.82 Å². The molecule has 144 valence electrons. The molecule has 2 aromatic carbocycles. The van der Waals surface area contributed by atoms with Crippen molar-refractivity contribution in [1.82, 2.24) is 5.32 Å². The Kier molecular flexibility index (Phi) is 6.95. The van der Waals surface area contributed by atoms with Gasteiger partial charge in [0.2, 0.25) is 5.91 Å². The number of halogens is 2. The predicted molar refractivity (Wildman–Crippen MR) is 111 cm³/mol. The van der Waals surface area contributed by atoms with Crippen molar-refractivity contribution in [2.45, 2.75) is 35.3 Å². The van der Waals surface area contributed by atoms with E-state index in [4.69, 9.17) is 4.74 Å². The van der Waals surface area contributed by atoms with E-state index in [9.17, 15) is 9.18 Å². The molecule has 1 fully saturated rings. The molecule has 0 aliphatic carbocycles. The molecular weight excluding hydrogens is 429 g/mol. The lowest BCUT2D eigenvalue weighted by Crippen LogP contribution is -2.46. The van der Waals surface area contributed by atoms with Crippen LogP contribution >= 0.6 is 27.7 Å². The largest absolute Gasteiger partial charge is 0.381 e. The van der Waals surface area contributed by atoms with Crippen LogP contribution in [-0.2, 0) is 14.9 Å². The number of amides is 1. The second-order valence-electron chi connectivity index (χ2n) is 6.83. The van der Waals surface area contributed by atoms with E-state index in [-0.39, 0.29) is 22.4 Å². The molecule has 3 rings (SSSR count). The summed E-state index contributed by atoms with van der Waals surface area (Å²) in [6.07, 6.45) is 1.54. The van der Waals surface area contributed by atoms with Crippen LogP contribution in [0.2, 0.25) is 0 Å². The Morgan fingerprint density at radius 3 is 2.63 bits per heavy atom. The van der Waals surface area contributed by atoms with Gasteiger partial charge in [-0.15, -0.1) is 11.8 Å². The topological polar surface area (TPSA) is 38.3 Å². The van der Waals surface area contributed by atoms with Crippen LogP contribution in [-0.4, -0.2) is 30.9 Å². The molecule has 1 unspecified atom stereocenters. The second kappa shape index (κ2) is 9.22. The van der Waals surface area contributed by atoms with Crippen LogP contribution in [0.5, 0.6) is 0 Å². The molecule has 1 saturated heterocycles. The second-order valence-corrected chi connectivity index (χ2v) is 9.16. The van der Waals surface area contributed by atoms with E-state index < -0.39 is 0 Å². The minimum absolute atomic E-state index is 0.00908. The maximum absolute atomic E-state index is 13.8. The van der Waals surface area contributed by atoms with Gasteiger partial charge >= 0.3 is 0 Å². The van der Waals surface area contributed by atoms with Crippen LogP contribution < -0.4 is 5.32 Å². The first-order chi connectivity index (χ1) is 13.0. The summed E-state index contributed by atoms with van der Waals surface area (Å²) in [7, 11) is 0. The normalized spacial score (nSPS) is 17.3. The highest BCUT2D eigenvalue weighted by Gasteiger charge is 2.35. The van der Waals surface area contributed by atoms with Crippen LogP contribution in [0.25, 0.3) is 0 Å². The van der Waals surface area contributed by atoms with Gasteiger partial charge < -0.3 is 10.1 Å². The first kappa shape index (κ1) is 20.4. The van der Waals surface area contributed by atoms with Crippen molar-refractivity contribution < 1.29 is 13.9 Å². The van der Waals surface area contributed by atoms with Crippen LogP contribution in [0.15, 0.2) is 57.9 Å². The fourth-order valence-electron chi connectivity index (χ4n) is 3.32. The summed E-state index contributed by atoms with van der Waals surface area (Å²) in [6, 6.07) is 14.6. The zero-order valence-corrected chi connectivity index (χ0v) is 17.6. The molecule has 1 heterocycles. The summed E-state index contributed by atoms with van der Waals surface area (Å²) in [5.41, 5.74) is 0.650. The minimum atomic E-state index is -0.280. The number of carbonyl (C=O) groups excluding carboxylic acids is 1. The van der Waals surface area contributed by atoms with Crippen molar-refractivity contribution in [3.63, 3.8) is 0 Å². The smallest absolute Gasteiger partial charge is 0.233 e. The van der Waals surface area contributed by atoms with Gasteiger partial charge in [-0.3, -0.25) is 4.79 Å². The predicted octanol–water partition coefficient (Wildman–Crippen LogP) is 4.93. The van der Waals surface area contributed by atoms with Crippen molar-refractivity contribution in [3.05, 3.63) is 64.4 Å². The molecule has 2 aromatic rings. The molecule has 0 bridgehead atoms. The third kappa shape index (κ3) is 5.33. The van der Waals surface area contributed by atoms with Crippen LogP contribution in [0, 0.1) is 5.82 Å². The molecule has 6 heteroatoms. The lowest BCUT2D eigenvalue weighted by molar-refractivity contribution is -0.120. The van der Waals surface area contributed by atoms with Crippen LogP contribution in [0.3, 0.4) is 0 Å². The molecule has 0 radical (unpaired) electrons. The van der Waals surface area contributed by atoms with E-state index in [1.54, 1.807) is 12.1 Å². The van der Waals surface area contributed by atoms with Crippen molar-refractivity contribution in [3.8, 4) is 0 Å². The summed E-state index contributed by atoms with van der Waals surface area (Å²) in [5.74, 6) is -0.256. The van der Waals surface area contributed by atoms with E-state index in [2.05, 4.69) is 21.2 Å². The quantitative estimate of drug-likeness (QED) is 0.632. The van der Waals surface area contributed by atoms with Crippen molar-refractivity contribution in [2.24, 2.45) is 0 Å². The first-order valence-electron chi connectivity index (χ1n) is 9.02. The van der Waals surface area contributed by atoms with Crippen molar-refractivity contribution in [2.75, 3.05) is 19.8 Å². The Bertz CT molecular complexity index is 778. The Balaban J connectivity index is 1.66. The Labute approximate surface area is 172 Å². The Morgan fingerprint density at radius 1 is 1.26 bits per heavy atom. The molecular formula is C21H23BrFNO2S. The first-order valence-corrected chi connectivity index (χ1v) is 10.7. The number of thioether (sulfide) groups is 1. The van der Waals surface area contributed by atoms with E-state index in [1.165, 1.54) is 17.8 Å². The van der Waals surface area contributed by atoms with Gasteiger partial charge in [0, 0.05) is 34.5 Å². The fraction of sp³-hybridized carbons (Fsp3) is 0.381. The summed E-state index contributed by atoms with van der Waals surface area (Å²) in [4.78, 5) is 13.7. The molecule has 27 heavy (non-hydrogen) atoms. The lowest BCUT2D eigenvalue weighted by Gasteiger charge is -2.38. The number of rotatable bonds is 6. The third-order valence-electron chi connectivity index (χ3n) is 4.98. The molecule has 0 saturated carbocycles. The number of hydrogen-bond acceptors (Lipinski definition) is 3. The minimum Gasteiger partial charge on any atom is -0.381 e. The van der Waals surface area contributed by atoms with Gasteiger partial charge in [0.05, 0.1) is 5.25 Å². The van der Waals surface area contributed by atoms with Crippen LogP contribution in [0.4, 0.5) is 4.39 Å². The maximum atomic E-state index is 13.8. The number of hydrogen-bond donors (Lipinski definition) is 1. The monoisotopic (exact) mass is 451 g/mol. The summed E-state index contributed by atoms with van der Waals surface area (Å²) >= 11 is 4.94. The number of carbonyl (C=O) groups is 1. The zero-order valence-electron chi connectivity index (χ0n) is 15.2. The summed E-state index contributed by atoms with van der Waals surface area (Å²) in [6.45, 7) is 3.63. The van der Waals surface area contributed by atoms with E-state index in [1.807, 2.05) is 37.3 Å². The molecule has 0 spiro atoms. The molecule has 1 atom stereocenters. The zero-order chi connectivity index (χ0) is 19.3. The lowest BCUT2D eigenvalue weighted by atomic mass is 9.74. The maximum Gasteiger partial charge on any atom is 0.233 e. The molecule has 1 aliphatic rings. The highest BCUT2D eigenvalue weighted by atomic mass is 79.9. The summed E-state index contributed by atoms with van der Waals surface area (Å²) < 4.78 is 20.3. The van der Waals surface area contributed by atoms with E-state index in [0.29, 0.717) is 19.8 Å².